The van der Waals surface area contributed by atoms with Crippen molar-refractivity contribution in [1.82, 2.24) is 0 Å². The number of hydrogen-bond acceptors (Lipinski definition) is 0. The van der Waals surface area contributed by atoms with E-state index in [0.29, 0.717) is 16.0 Å². The van der Waals surface area contributed by atoms with Gasteiger partial charge in [-0.2, -0.15) is 0 Å². The Kier molecular flexibility index (Phi) is 3.26. The zero-order chi connectivity index (χ0) is 10.2. The first-order chi connectivity index (χ1) is 5.95. The second kappa shape index (κ2) is 3.89. The van der Waals surface area contributed by atoms with Crippen molar-refractivity contribution in [1.29, 1.82) is 0 Å². The van der Waals surface area contributed by atoms with E-state index in [-0.39, 0.29) is 0 Å². The molecule has 0 aliphatic rings. The summed E-state index contributed by atoms with van der Waals surface area (Å²) in [6, 6.07) is 1.97. The zero-order valence-electron chi connectivity index (χ0n) is 8.41. The molecule has 0 heterocycles. The molecule has 1 aromatic carbocycles. The van der Waals surface area contributed by atoms with Crippen molar-refractivity contribution in [2.45, 2.75) is 33.6 Å². The smallest absolute Gasteiger partial charge is 0.0624 e. The fraction of sp³-hybridized carbons (Fsp3) is 0.455. The quantitative estimate of drug-likeness (QED) is 0.637. The molecule has 0 radical (unpaired) electrons. The van der Waals surface area contributed by atoms with Crippen molar-refractivity contribution in [3.63, 3.8) is 0 Å². The van der Waals surface area contributed by atoms with E-state index in [1.165, 1.54) is 11.1 Å². The van der Waals surface area contributed by atoms with Crippen LogP contribution in [0.1, 0.15) is 36.5 Å². The molecular formula is C11H14Cl2. The molecule has 72 valence electrons. The van der Waals surface area contributed by atoms with E-state index in [9.17, 15) is 0 Å². The lowest BCUT2D eigenvalue weighted by Gasteiger charge is -2.14. The molecule has 13 heavy (non-hydrogen) atoms. The summed E-state index contributed by atoms with van der Waals surface area (Å²) in [4.78, 5) is 0. The summed E-state index contributed by atoms with van der Waals surface area (Å²) in [5.74, 6) is 0.494. The van der Waals surface area contributed by atoms with Crippen molar-refractivity contribution >= 4 is 23.2 Å². The molecule has 0 saturated heterocycles. The second-order valence-corrected chi connectivity index (χ2v) is 4.45. The minimum absolute atomic E-state index is 0.494. The van der Waals surface area contributed by atoms with Crippen LogP contribution < -0.4 is 0 Å². The van der Waals surface area contributed by atoms with Crippen LogP contribution in [0.4, 0.5) is 0 Å². The number of benzene rings is 1. The average molecular weight is 217 g/mol. The van der Waals surface area contributed by atoms with Crippen molar-refractivity contribution in [2.24, 2.45) is 0 Å². The predicted molar refractivity (Wildman–Crippen MR) is 60.0 cm³/mol. The molecule has 0 amide bonds. The van der Waals surface area contributed by atoms with Crippen molar-refractivity contribution in [2.75, 3.05) is 0 Å². The molecule has 0 bridgehead atoms. The molecule has 1 aromatic rings. The van der Waals surface area contributed by atoms with Gasteiger partial charge >= 0.3 is 0 Å². The maximum atomic E-state index is 6.03. The van der Waals surface area contributed by atoms with E-state index in [0.717, 1.165) is 5.56 Å². The van der Waals surface area contributed by atoms with E-state index < -0.39 is 0 Å². The highest BCUT2D eigenvalue weighted by Crippen LogP contribution is 2.33. The second-order valence-electron chi connectivity index (χ2n) is 3.67. The first-order valence-electron chi connectivity index (χ1n) is 4.40. The Morgan fingerprint density at radius 2 is 1.62 bits per heavy atom. The van der Waals surface area contributed by atoms with Crippen LogP contribution in [0, 0.1) is 13.8 Å². The van der Waals surface area contributed by atoms with Crippen LogP contribution in [-0.4, -0.2) is 0 Å². The molecule has 1 rings (SSSR count). The van der Waals surface area contributed by atoms with Gasteiger partial charge in [-0.15, -0.1) is 0 Å². The monoisotopic (exact) mass is 216 g/mol. The zero-order valence-corrected chi connectivity index (χ0v) is 9.92. The average Bonchev–Trinajstić information content (AvgIpc) is 2.07. The van der Waals surface area contributed by atoms with E-state index >= 15 is 0 Å². The number of rotatable bonds is 1. The van der Waals surface area contributed by atoms with Gasteiger partial charge in [0, 0.05) is 0 Å². The van der Waals surface area contributed by atoms with Gasteiger partial charge in [0.15, 0.2) is 0 Å². The molecule has 0 N–H and O–H groups in total. The maximum absolute atomic E-state index is 6.03. The van der Waals surface area contributed by atoms with Gasteiger partial charge in [0.05, 0.1) is 10.0 Å². The summed E-state index contributed by atoms with van der Waals surface area (Å²) in [6.45, 7) is 8.42. The molecule has 0 spiro atoms. The Morgan fingerprint density at radius 1 is 1.08 bits per heavy atom. The third-order valence-electron chi connectivity index (χ3n) is 2.44. The molecule has 0 unspecified atom stereocenters. The Bertz CT molecular complexity index is 327. The molecular weight excluding hydrogens is 203 g/mol. The normalized spacial score (nSPS) is 11.0. The maximum Gasteiger partial charge on any atom is 0.0624 e. The van der Waals surface area contributed by atoms with Crippen LogP contribution >= 0.6 is 23.2 Å². The highest BCUT2D eigenvalue weighted by Gasteiger charge is 2.11. The number of hydrogen-bond donors (Lipinski definition) is 0. The van der Waals surface area contributed by atoms with Gasteiger partial charge in [-0.1, -0.05) is 37.0 Å². The van der Waals surface area contributed by atoms with Crippen LogP contribution in [-0.2, 0) is 0 Å². The molecule has 0 nitrogen and oxygen atoms in total. The summed E-state index contributed by atoms with van der Waals surface area (Å²) in [5.41, 5.74) is 3.63. The van der Waals surface area contributed by atoms with Crippen molar-refractivity contribution in [3.05, 3.63) is 32.8 Å². The van der Waals surface area contributed by atoms with Crippen LogP contribution in [0.25, 0.3) is 0 Å². The third-order valence-corrected chi connectivity index (χ3v) is 3.32. The minimum Gasteiger partial charge on any atom is -0.0827 e. The summed E-state index contributed by atoms with van der Waals surface area (Å²) in [7, 11) is 0. The Labute approximate surface area is 89.9 Å². The van der Waals surface area contributed by atoms with E-state index in [1.807, 2.05) is 13.0 Å². The van der Waals surface area contributed by atoms with Crippen LogP contribution in [0.5, 0.6) is 0 Å². The molecule has 0 aliphatic heterocycles. The summed E-state index contributed by atoms with van der Waals surface area (Å²) in [6.07, 6.45) is 0. The van der Waals surface area contributed by atoms with Crippen molar-refractivity contribution < 1.29 is 0 Å². The molecule has 2 heteroatoms. The lowest BCUT2D eigenvalue weighted by atomic mass is 9.95. The molecule has 0 atom stereocenters. The fourth-order valence-electron chi connectivity index (χ4n) is 1.47. The first kappa shape index (κ1) is 10.9. The van der Waals surface area contributed by atoms with Gasteiger partial charge in [-0.05, 0) is 42.5 Å². The molecule has 0 saturated carbocycles. The molecule has 0 aromatic heterocycles. The topological polar surface area (TPSA) is 0 Å². The minimum atomic E-state index is 0.494. The third kappa shape index (κ3) is 2.00. The fourth-order valence-corrected chi connectivity index (χ4v) is 1.92. The number of halogens is 2. The van der Waals surface area contributed by atoms with E-state index in [2.05, 4.69) is 20.8 Å². The summed E-state index contributed by atoms with van der Waals surface area (Å²) in [5, 5.41) is 1.34. The lowest BCUT2D eigenvalue weighted by Crippen LogP contribution is -1.95. The highest BCUT2D eigenvalue weighted by molar-refractivity contribution is 6.42. The van der Waals surface area contributed by atoms with Gasteiger partial charge in [0.1, 0.15) is 0 Å². The van der Waals surface area contributed by atoms with Gasteiger partial charge in [-0.25, -0.2) is 0 Å². The van der Waals surface area contributed by atoms with Gasteiger partial charge in [-0.3, -0.25) is 0 Å². The van der Waals surface area contributed by atoms with Gasteiger partial charge in [0.25, 0.3) is 0 Å². The summed E-state index contributed by atoms with van der Waals surface area (Å²) >= 11 is 12.0. The van der Waals surface area contributed by atoms with E-state index in [4.69, 9.17) is 23.2 Å². The first-order valence-corrected chi connectivity index (χ1v) is 5.15. The van der Waals surface area contributed by atoms with Crippen molar-refractivity contribution in [3.8, 4) is 0 Å². The Morgan fingerprint density at radius 3 is 2.08 bits per heavy atom. The molecule has 0 fully saturated rings. The largest absolute Gasteiger partial charge is 0.0827 e. The highest BCUT2D eigenvalue weighted by atomic mass is 35.5. The lowest BCUT2D eigenvalue weighted by molar-refractivity contribution is 0.854. The molecule has 0 aliphatic carbocycles. The van der Waals surface area contributed by atoms with Crippen LogP contribution in [0.2, 0.25) is 10.0 Å². The summed E-state index contributed by atoms with van der Waals surface area (Å²) < 4.78 is 0. The van der Waals surface area contributed by atoms with E-state index in [1.54, 1.807) is 0 Å². The predicted octanol–water partition coefficient (Wildman–Crippen LogP) is 4.73. The Balaban J connectivity index is 3.41. The van der Waals surface area contributed by atoms with Crippen LogP contribution in [0.15, 0.2) is 6.07 Å². The van der Waals surface area contributed by atoms with Gasteiger partial charge in [0.2, 0.25) is 0 Å². The van der Waals surface area contributed by atoms with Gasteiger partial charge < -0.3 is 0 Å². The van der Waals surface area contributed by atoms with Crippen LogP contribution in [0.3, 0.4) is 0 Å². The SMILES string of the molecule is Cc1c(C(C)C)cc(Cl)c(Cl)c1C. The standard InChI is InChI=1S/C11H14Cl2/c1-6(2)9-5-10(12)11(13)8(4)7(9)3/h5-6H,1-4H3. The Hall–Kier alpha value is -0.200.